The second kappa shape index (κ2) is 4.94. The third-order valence-electron chi connectivity index (χ3n) is 8.01. The molecule has 0 saturated carbocycles. The van der Waals surface area contributed by atoms with Crippen molar-refractivity contribution in [2.45, 2.75) is 66.2 Å². The zero-order valence-electron chi connectivity index (χ0n) is 16.5. The Morgan fingerprint density at radius 2 is 1.25 bits per heavy atom. The van der Waals surface area contributed by atoms with Gasteiger partial charge in [-0.15, -0.1) is 0 Å². The molecule has 0 amide bonds. The van der Waals surface area contributed by atoms with Crippen LogP contribution in [-0.2, 0) is 10.8 Å². The molecular weight excluding hydrogens is 290 g/mol. The van der Waals surface area contributed by atoms with E-state index < -0.39 is 0 Å². The Kier molecular flexibility index (Phi) is 3.54. The molecular formula is C23H31N. The number of nitrogens with zero attached hydrogens (tertiary/aromatic N) is 1. The Bertz CT molecular complexity index is 764. The number of fused-ring (bicyclic) bond motifs is 1. The number of hydrogen-bond donors (Lipinski definition) is 0. The molecule has 0 spiro atoms. The van der Waals surface area contributed by atoms with Gasteiger partial charge in [0.25, 0.3) is 0 Å². The lowest BCUT2D eigenvalue weighted by Gasteiger charge is -2.64. The zero-order chi connectivity index (χ0) is 18.0. The predicted octanol–water partition coefficient (Wildman–Crippen LogP) is 6.37. The van der Waals surface area contributed by atoms with Gasteiger partial charge in [0, 0.05) is 11.8 Å². The van der Waals surface area contributed by atoms with E-state index in [1.54, 1.807) is 0 Å². The molecule has 0 unspecified atom stereocenters. The van der Waals surface area contributed by atoms with E-state index in [0.29, 0.717) is 0 Å². The highest BCUT2D eigenvalue weighted by atomic mass is 14.7. The lowest BCUT2D eigenvalue weighted by atomic mass is 9.40. The van der Waals surface area contributed by atoms with Crippen LogP contribution in [0.3, 0.4) is 0 Å². The molecule has 0 fully saturated rings. The van der Waals surface area contributed by atoms with Crippen molar-refractivity contribution in [1.29, 1.82) is 0 Å². The molecule has 0 atom stereocenters. The Morgan fingerprint density at radius 3 is 1.79 bits per heavy atom. The SMILES string of the molecule is CC1(C)c2ccc(-c3ccccn3)cc2C(C)(C)C(C)(C)C1(C)C. The smallest absolute Gasteiger partial charge is 0.0702 e. The van der Waals surface area contributed by atoms with Gasteiger partial charge in [0.1, 0.15) is 0 Å². The third-order valence-corrected chi connectivity index (χ3v) is 8.01. The summed E-state index contributed by atoms with van der Waals surface area (Å²) in [5.41, 5.74) is 5.78. The lowest BCUT2D eigenvalue weighted by Crippen LogP contribution is -2.59. The number of benzene rings is 1. The van der Waals surface area contributed by atoms with Crippen LogP contribution in [0.15, 0.2) is 42.6 Å². The predicted molar refractivity (Wildman–Crippen MR) is 103 cm³/mol. The summed E-state index contributed by atoms with van der Waals surface area (Å²) < 4.78 is 0. The Morgan fingerprint density at radius 1 is 0.667 bits per heavy atom. The van der Waals surface area contributed by atoms with Crippen LogP contribution >= 0.6 is 0 Å². The first-order chi connectivity index (χ1) is 10.9. The molecule has 0 N–H and O–H groups in total. The molecule has 1 heteroatoms. The van der Waals surface area contributed by atoms with E-state index in [2.05, 4.69) is 90.7 Å². The largest absolute Gasteiger partial charge is 0.256 e. The summed E-state index contributed by atoms with van der Waals surface area (Å²) in [7, 11) is 0. The Balaban J connectivity index is 2.30. The van der Waals surface area contributed by atoms with Crippen molar-refractivity contribution in [3.63, 3.8) is 0 Å². The zero-order valence-corrected chi connectivity index (χ0v) is 16.5. The second-order valence-corrected chi connectivity index (χ2v) is 9.48. The molecule has 128 valence electrons. The van der Waals surface area contributed by atoms with E-state index in [1.165, 1.54) is 16.7 Å². The normalized spacial score (nSPS) is 22.7. The van der Waals surface area contributed by atoms with Crippen LogP contribution < -0.4 is 0 Å². The maximum absolute atomic E-state index is 4.55. The maximum Gasteiger partial charge on any atom is 0.0702 e. The standard InChI is InChI=1S/C23H31N/c1-20(2)17-13-12-16(19-11-9-10-14-24-19)15-18(17)21(3,4)23(7,8)22(20,5)6/h9-15H,1-8H3. The fraction of sp³-hybridized carbons (Fsp3) is 0.522. The van der Waals surface area contributed by atoms with E-state index in [4.69, 9.17) is 0 Å². The summed E-state index contributed by atoms with van der Waals surface area (Å²) in [6.45, 7) is 19.4. The van der Waals surface area contributed by atoms with Gasteiger partial charge >= 0.3 is 0 Å². The summed E-state index contributed by atoms with van der Waals surface area (Å²) >= 11 is 0. The average molecular weight is 322 g/mol. The van der Waals surface area contributed by atoms with Crippen LogP contribution in [0.1, 0.15) is 66.5 Å². The van der Waals surface area contributed by atoms with E-state index in [1.807, 2.05) is 12.3 Å². The quantitative estimate of drug-likeness (QED) is 0.594. The van der Waals surface area contributed by atoms with Crippen LogP contribution in [0.25, 0.3) is 11.3 Å². The minimum Gasteiger partial charge on any atom is -0.256 e. The van der Waals surface area contributed by atoms with Crippen molar-refractivity contribution < 1.29 is 0 Å². The summed E-state index contributed by atoms with van der Waals surface area (Å²) in [6, 6.07) is 13.1. The molecule has 1 aromatic carbocycles. The highest BCUT2D eigenvalue weighted by Crippen LogP contribution is 2.65. The van der Waals surface area contributed by atoms with Gasteiger partial charge in [-0.1, -0.05) is 73.6 Å². The molecule has 0 bridgehead atoms. The van der Waals surface area contributed by atoms with Crippen molar-refractivity contribution >= 4 is 0 Å². The van der Waals surface area contributed by atoms with Gasteiger partial charge < -0.3 is 0 Å². The molecule has 1 aliphatic rings. The van der Waals surface area contributed by atoms with Gasteiger partial charge in [-0.2, -0.15) is 0 Å². The number of aromatic nitrogens is 1. The second-order valence-electron chi connectivity index (χ2n) is 9.48. The summed E-state index contributed by atoms with van der Waals surface area (Å²) in [6.07, 6.45) is 1.87. The van der Waals surface area contributed by atoms with E-state index in [0.717, 1.165) is 5.69 Å². The first-order valence-corrected chi connectivity index (χ1v) is 9.01. The monoisotopic (exact) mass is 321 g/mol. The number of hydrogen-bond acceptors (Lipinski definition) is 1. The van der Waals surface area contributed by atoms with Gasteiger partial charge in [-0.3, -0.25) is 4.98 Å². The Hall–Kier alpha value is -1.63. The molecule has 1 aromatic heterocycles. The topological polar surface area (TPSA) is 12.9 Å². The van der Waals surface area contributed by atoms with Gasteiger partial charge in [0.05, 0.1) is 5.69 Å². The van der Waals surface area contributed by atoms with E-state index in [-0.39, 0.29) is 21.7 Å². The average Bonchev–Trinajstić information content (AvgIpc) is 2.53. The minimum atomic E-state index is 0.0894. The lowest BCUT2D eigenvalue weighted by molar-refractivity contribution is -0.0441. The van der Waals surface area contributed by atoms with Crippen molar-refractivity contribution in [3.05, 3.63) is 53.7 Å². The fourth-order valence-corrected chi connectivity index (χ4v) is 4.54. The van der Waals surface area contributed by atoms with Gasteiger partial charge in [-0.25, -0.2) is 0 Å². The summed E-state index contributed by atoms with van der Waals surface area (Å²) in [5.74, 6) is 0. The van der Waals surface area contributed by atoms with Crippen LogP contribution in [0.4, 0.5) is 0 Å². The first kappa shape index (κ1) is 17.2. The first-order valence-electron chi connectivity index (χ1n) is 9.01. The molecule has 0 saturated heterocycles. The van der Waals surface area contributed by atoms with Crippen molar-refractivity contribution in [3.8, 4) is 11.3 Å². The fourth-order valence-electron chi connectivity index (χ4n) is 4.54. The van der Waals surface area contributed by atoms with Crippen LogP contribution in [0.5, 0.6) is 0 Å². The van der Waals surface area contributed by atoms with E-state index >= 15 is 0 Å². The van der Waals surface area contributed by atoms with E-state index in [9.17, 15) is 0 Å². The van der Waals surface area contributed by atoms with Gasteiger partial charge in [-0.05, 0) is 51.0 Å². The van der Waals surface area contributed by atoms with Crippen LogP contribution in [-0.4, -0.2) is 4.98 Å². The summed E-state index contributed by atoms with van der Waals surface area (Å²) in [5, 5.41) is 0. The highest BCUT2D eigenvalue weighted by Gasteiger charge is 2.60. The molecule has 24 heavy (non-hydrogen) atoms. The number of pyridine rings is 1. The van der Waals surface area contributed by atoms with Crippen molar-refractivity contribution in [2.24, 2.45) is 10.8 Å². The molecule has 0 aliphatic heterocycles. The third kappa shape index (κ3) is 1.96. The highest BCUT2D eigenvalue weighted by molar-refractivity contribution is 5.63. The van der Waals surface area contributed by atoms with Gasteiger partial charge in [0.2, 0.25) is 0 Å². The Labute approximate surface area is 147 Å². The van der Waals surface area contributed by atoms with Crippen LogP contribution in [0, 0.1) is 10.8 Å². The minimum absolute atomic E-state index is 0.0894. The molecule has 0 radical (unpaired) electrons. The molecule has 2 aromatic rings. The molecule has 3 rings (SSSR count). The molecule has 1 aliphatic carbocycles. The molecule has 1 heterocycles. The van der Waals surface area contributed by atoms with Gasteiger partial charge in [0.15, 0.2) is 0 Å². The molecule has 1 nitrogen and oxygen atoms in total. The van der Waals surface area contributed by atoms with Crippen molar-refractivity contribution in [1.82, 2.24) is 4.98 Å². The maximum atomic E-state index is 4.55. The van der Waals surface area contributed by atoms with Crippen molar-refractivity contribution in [2.75, 3.05) is 0 Å². The van der Waals surface area contributed by atoms with Crippen LogP contribution in [0.2, 0.25) is 0 Å². The number of rotatable bonds is 1. The summed E-state index contributed by atoms with van der Waals surface area (Å²) in [4.78, 5) is 4.55.